The first-order valence-electron chi connectivity index (χ1n) is 19.0. The molecule has 0 amide bonds. The number of imidazole rings is 2. The van der Waals surface area contributed by atoms with E-state index >= 15 is 0 Å². The van der Waals surface area contributed by atoms with E-state index in [0.717, 1.165) is 23.4 Å². The molecule has 14 N–H and O–H groups in total. The van der Waals surface area contributed by atoms with Crippen molar-refractivity contribution in [2.24, 2.45) is 0 Å². The van der Waals surface area contributed by atoms with Gasteiger partial charge in [-0.3, -0.25) is 27.2 Å². The molecule has 4 unspecified atom stereocenters. The molecular weight excluding hydrogens is 955 g/mol. The maximum Gasteiger partial charge on any atom is 0.481 e. The molecule has 5 aromatic heterocycles. The number of rotatable bonds is 17. The average Bonchev–Trinajstić information content (AvgIpc) is 4.07. The van der Waals surface area contributed by atoms with Crippen LogP contribution in [0.3, 0.4) is 0 Å². The van der Waals surface area contributed by atoms with Gasteiger partial charge in [0.1, 0.15) is 72.5 Å². The minimum Gasteiger partial charge on any atom is -0.387 e. The van der Waals surface area contributed by atoms with Crippen molar-refractivity contribution in [2.45, 2.75) is 79.9 Å². The smallest absolute Gasteiger partial charge is 0.387 e. The van der Waals surface area contributed by atoms with Gasteiger partial charge in [-0.1, -0.05) is 0 Å². The van der Waals surface area contributed by atoms with Gasteiger partial charge in [-0.25, -0.2) is 43.6 Å². The van der Waals surface area contributed by atoms with Crippen molar-refractivity contribution in [3.8, 4) is 0 Å². The lowest BCUT2D eigenvalue weighted by Gasteiger charge is -2.20. The van der Waals surface area contributed by atoms with Gasteiger partial charge in [0.25, 0.3) is 6.23 Å². The van der Waals surface area contributed by atoms with Gasteiger partial charge in [-0.2, -0.15) is 8.88 Å². The van der Waals surface area contributed by atoms with E-state index in [1.54, 1.807) is 0 Å². The number of hydrogen-bond acceptors (Lipinski definition) is 26. The third kappa shape index (κ3) is 9.87. The highest BCUT2D eigenvalue weighted by atomic mass is 31.3. The zero-order valence-electron chi connectivity index (χ0n) is 33.2. The van der Waals surface area contributed by atoms with Gasteiger partial charge in [0.2, 0.25) is 0 Å². The Balaban J connectivity index is 0.817. The molecule has 66 heavy (non-hydrogen) atoms. The van der Waals surface area contributed by atoms with Crippen molar-refractivity contribution in [3.63, 3.8) is 0 Å². The van der Waals surface area contributed by atoms with Crippen LogP contribution in [0.15, 0.2) is 49.8 Å². The number of nitrogens with two attached hydrogens (primary N) is 2. The van der Waals surface area contributed by atoms with E-state index in [-0.39, 0.29) is 39.5 Å². The summed E-state index contributed by atoms with van der Waals surface area (Å²) in [5.74, 6) is 0.0593. The number of aliphatic hydroxyl groups is 7. The fraction of sp³-hybridized carbons (Fsp3) is 0.516. The number of fused-ring (bicyclic) bond motifs is 2. The molecule has 35 heteroatoms. The van der Waals surface area contributed by atoms with Crippen molar-refractivity contribution in [1.82, 2.24) is 39.0 Å². The summed E-state index contributed by atoms with van der Waals surface area (Å²) in [6.07, 6.45) is -14.0. The summed E-state index contributed by atoms with van der Waals surface area (Å²) < 4.78 is 82.2. The molecule has 0 aliphatic carbocycles. The Hall–Kier alpha value is -4.18. The number of hydrogen-bond donors (Lipinski definition) is 12. The van der Waals surface area contributed by atoms with Crippen LogP contribution in [0.25, 0.3) is 22.3 Å². The van der Waals surface area contributed by atoms with Gasteiger partial charge in [0.05, 0.1) is 38.0 Å². The van der Waals surface area contributed by atoms with E-state index in [2.05, 4.69) is 34.2 Å². The van der Waals surface area contributed by atoms with Crippen molar-refractivity contribution in [1.29, 1.82) is 0 Å². The second-order valence-electron chi connectivity index (χ2n) is 14.7. The SMILES string of the molecule is Nc1ncnc2c1ncn2[C@@H]1O[C@H](COP(=O)(O)OC(O)c2ccc[n+]([C@@H]3O[C@H](COP(=O)(O)OP(=O)(O)OC[C@H]4O[C@@H](n5cnc6c(N)ncnc65)[C@H](O)[C@@H]4O)[C@@H](O)[C@H]3O)c2)[C@@H](O)[C@H]1O. The summed E-state index contributed by atoms with van der Waals surface area (Å²) in [6, 6.07) is 2.49. The lowest BCUT2D eigenvalue weighted by atomic mass is 10.1. The molecular formula is C31H41N11O21P3+. The maximum atomic E-state index is 12.9. The molecule has 32 nitrogen and oxygen atoms in total. The highest BCUT2D eigenvalue weighted by Gasteiger charge is 2.51. The predicted octanol–water partition coefficient (Wildman–Crippen LogP) is -3.95. The third-order valence-corrected chi connectivity index (χ3v) is 13.9. The van der Waals surface area contributed by atoms with Crippen LogP contribution >= 0.6 is 23.5 Å². The Morgan fingerprint density at radius 2 is 1.11 bits per heavy atom. The lowest BCUT2D eigenvalue weighted by Crippen LogP contribution is -2.46. The molecule has 360 valence electrons. The Bertz CT molecular complexity index is 2700. The number of phosphoric acid groups is 3. The molecule has 3 aliphatic heterocycles. The normalized spacial score (nSPS) is 32.4. The fourth-order valence-corrected chi connectivity index (χ4v) is 9.99. The van der Waals surface area contributed by atoms with Crippen LogP contribution in [0.2, 0.25) is 0 Å². The van der Waals surface area contributed by atoms with E-state index < -0.39 is 123 Å². The monoisotopic (exact) mass is 996 g/mol. The van der Waals surface area contributed by atoms with Crippen LogP contribution in [-0.2, 0) is 50.3 Å². The number of nitrogen functional groups attached to an aromatic ring is 2. The molecule has 0 bridgehead atoms. The van der Waals surface area contributed by atoms with Gasteiger partial charge >= 0.3 is 23.5 Å². The first kappa shape index (κ1) is 48.3. The van der Waals surface area contributed by atoms with Crippen LogP contribution in [0.4, 0.5) is 11.6 Å². The van der Waals surface area contributed by atoms with Gasteiger partial charge in [0.15, 0.2) is 60.2 Å². The highest BCUT2D eigenvalue weighted by Crippen LogP contribution is 2.61. The first-order valence-corrected chi connectivity index (χ1v) is 23.5. The molecule has 5 aromatic rings. The number of pyridine rings is 1. The molecule has 16 atom stereocenters. The third-order valence-electron chi connectivity index (χ3n) is 10.4. The largest absolute Gasteiger partial charge is 0.481 e. The van der Waals surface area contributed by atoms with E-state index in [4.69, 9.17) is 43.8 Å². The van der Waals surface area contributed by atoms with Crippen LogP contribution in [0.5, 0.6) is 0 Å². The molecule has 8 rings (SSSR count). The van der Waals surface area contributed by atoms with Crippen molar-refractivity contribution in [2.75, 3.05) is 31.3 Å². The zero-order valence-corrected chi connectivity index (χ0v) is 35.9. The molecule has 0 saturated carbocycles. The van der Waals surface area contributed by atoms with Gasteiger partial charge < -0.3 is 76.1 Å². The molecule has 3 aliphatic rings. The molecule has 0 radical (unpaired) electrons. The zero-order chi connectivity index (χ0) is 47.5. The second kappa shape index (κ2) is 18.7. The summed E-state index contributed by atoms with van der Waals surface area (Å²) in [5, 5.41) is 74.5. The molecule has 0 aromatic carbocycles. The maximum absolute atomic E-state index is 12.9. The van der Waals surface area contributed by atoms with E-state index in [1.807, 2.05) is 0 Å². The summed E-state index contributed by atoms with van der Waals surface area (Å²) in [7, 11) is -16.2. The fourth-order valence-electron chi connectivity index (χ4n) is 7.13. The summed E-state index contributed by atoms with van der Waals surface area (Å²) in [6.45, 7) is -2.83. The van der Waals surface area contributed by atoms with E-state index in [9.17, 15) is 64.1 Å². The minimum absolute atomic E-state index is 0.0177. The second-order valence-corrected chi connectivity index (χ2v) is 19.2. The topological polar surface area (TPSA) is 470 Å². The van der Waals surface area contributed by atoms with Gasteiger partial charge in [-0.05, 0) is 6.07 Å². The number of aromatic nitrogens is 9. The first-order chi connectivity index (χ1) is 31.1. The molecule has 8 heterocycles. The number of ether oxygens (including phenoxy) is 3. The molecule has 0 spiro atoms. The van der Waals surface area contributed by atoms with Crippen molar-refractivity contribution < 1.29 is 105 Å². The lowest BCUT2D eigenvalue weighted by molar-refractivity contribution is -0.766. The Labute approximate surface area is 367 Å². The van der Waals surface area contributed by atoms with Crippen molar-refractivity contribution >= 4 is 57.4 Å². The number of anilines is 2. The standard InChI is InChI=1S/C31H40N11O21P3/c32-24-16-26(36-8-34-24)41(10-38-16)29-22(47)19(44)14(60-29)5-56-64(50,51)62-31(49)12-2-1-3-40(4-12)28-21(46)18(43)13(59-28)6-57-65(52,53)63-66(54,55)58-7-15-20(45)23(48)30(61-15)42-11-39-17-25(33)35-9-37-27(17)42/h1-4,8-11,13-15,18-23,28-31,43-49H,5-7H2,(H6-,32,33,34,35,36,37,50,51,52,53,54,55)/p+1/t13-,14-,15-,18-,19-,20-,21-,22-,23-,28-,29-,30-,31?/m1/s1. The Kier molecular flexibility index (Phi) is 13.7. The van der Waals surface area contributed by atoms with E-state index in [1.165, 1.54) is 40.1 Å². The summed E-state index contributed by atoms with van der Waals surface area (Å²) in [4.78, 5) is 54.6. The summed E-state index contributed by atoms with van der Waals surface area (Å²) >= 11 is 0. The van der Waals surface area contributed by atoms with Crippen LogP contribution in [0.1, 0.15) is 30.5 Å². The van der Waals surface area contributed by atoms with E-state index in [0.29, 0.717) is 0 Å². The minimum atomic E-state index is -5.53. The van der Waals surface area contributed by atoms with Crippen LogP contribution in [0, 0.1) is 0 Å². The summed E-state index contributed by atoms with van der Waals surface area (Å²) in [5.41, 5.74) is 12.0. The quantitative estimate of drug-likeness (QED) is 0.0240. The molecule has 3 saturated heterocycles. The van der Waals surface area contributed by atoms with Gasteiger partial charge in [-0.15, -0.1) is 0 Å². The Morgan fingerprint density at radius 1 is 0.652 bits per heavy atom. The van der Waals surface area contributed by atoms with Crippen LogP contribution < -0.4 is 16.0 Å². The van der Waals surface area contributed by atoms with Gasteiger partial charge in [0, 0.05) is 6.07 Å². The predicted molar refractivity (Wildman–Crippen MR) is 208 cm³/mol. The number of phosphoric ester groups is 3. The van der Waals surface area contributed by atoms with Crippen molar-refractivity contribution in [3.05, 3.63) is 55.4 Å². The Morgan fingerprint density at radius 3 is 1.61 bits per heavy atom. The highest BCUT2D eigenvalue weighted by molar-refractivity contribution is 7.61. The van der Waals surface area contributed by atoms with Crippen LogP contribution in [-0.4, -0.2) is 164 Å². The molecule has 3 fully saturated rings. The number of aliphatic hydroxyl groups excluding tert-OH is 7. The average molecular weight is 997 g/mol. The number of nitrogens with zero attached hydrogens (tertiary/aromatic N) is 9.